The Bertz CT molecular complexity index is 331. The lowest BCUT2D eigenvalue weighted by Crippen LogP contribution is -2.46. The van der Waals surface area contributed by atoms with Gasteiger partial charge in [-0.2, -0.15) is 0 Å². The molecule has 0 aliphatic heterocycles. The number of hydrogen-bond donors (Lipinski definition) is 2. The van der Waals surface area contributed by atoms with E-state index in [0.29, 0.717) is 39.6 Å². The molecule has 0 aromatic heterocycles. The molecule has 2 N–H and O–H groups in total. The topological polar surface area (TPSA) is 103 Å². The average molecular weight is 349 g/mol. The van der Waals surface area contributed by atoms with Crippen molar-refractivity contribution >= 4 is 12.2 Å². The lowest BCUT2D eigenvalue weighted by atomic mass is 9.88. The number of aldehydes is 1. The number of aliphatic hydroxyl groups excluding tert-OH is 1. The molecule has 0 heterocycles. The van der Waals surface area contributed by atoms with Crippen molar-refractivity contribution in [3.63, 3.8) is 0 Å². The van der Waals surface area contributed by atoms with E-state index in [9.17, 15) is 9.59 Å². The van der Waals surface area contributed by atoms with Gasteiger partial charge in [-0.05, 0) is 5.41 Å². The van der Waals surface area contributed by atoms with Crippen molar-refractivity contribution in [2.24, 2.45) is 5.41 Å². The Morgan fingerprint density at radius 1 is 0.958 bits per heavy atom. The van der Waals surface area contributed by atoms with Crippen LogP contribution in [-0.4, -0.2) is 82.8 Å². The first-order valence-electron chi connectivity index (χ1n) is 8.08. The summed E-state index contributed by atoms with van der Waals surface area (Å²) in [5.41, 5.74) is -0.330. The number of ether oxygens (including phenoxy) is 4. The monoisotopic (exact) mass is 349 g/mol. The van der Waals surface area contributed by atoms with Gasteiger partial charge in [-0.15, -0.1) is 0 Å². The normalized spacial score (nSPS) is 12.8. The fraction of sp³-hybridized carbons (Fsp3) is 0.875. The molecule has 1 atom stereocenters. The first kappa shape index (κ1) is 22.9. The highest BCUT2D eigenvalue weighted by molar-refractivity contribution is 5.80. The molecule has 0 spiro atoms. The van der Waals surface area contributed by atoms with Crippen LogP contribution in [0.4, 0.5) is 0 Å². The van der Waals surface area contributed by atoms with Crippen molar-refractivity contribution in [2.45, 2.75) is 26.8 Å². The molecule has 0 aromatic carbocycles. The van der Waals surface area contributed by atoms with Crippen molar-refractivity contribution in [1.82, 2.24) is 5.32 Å². The van der Waals surface area contributed by atoms with Gasteiger partial charge in [-0.3, -0.25) is 4.79 Å². The number of rotatable bonds is 15. The molecule has 0 radical (unpaired) electrons. The number of carbonyl (C=O) groups is 2. The second-order valence-electron chi connectivity index (χ2n) is 6.16. The number of nitrogens with one attached hydrogen (secondary N) is 1. The molecule has 0 saturated heterocycles. The van der Waals surface area contributed by atoms with Crippen LogP contribution in [0, 0.1) is 5.41 Å². The van der Waals surface area contributed by atoms with Gasteiger partial charge in [0.05, 0.1) is 58.9 Å². The van der Waals surface area contributed by atoms with Crippen molar-refractivity contribution < 1.29 is 33.6 Å². The SMILES string of the molecule is CC(C)(C)C(C=O)NC(=O)COCCOCCOCCOCCO. The van der Waals surface area contributed by atoms with Crippen LogP contribution in [0.3, 0.4) is 0 Å². The van der Waals surface area contributed by atoms with Gasteiger partial charge >= 0.3 is 0 Å². The van der Waals surface area contributed by atoms with Crippen LogP contribution >= 0.6 is 0 Å². The van der Waals surface area contributed by atoms with Gasteiger partial charge in [0.1, 0.15) is 12.9 Å². The largest absolute Gasteiger partial charge is 0.394 e. The van der Waals surface area contributed by atoms with Crippen molar-refractivity contribution in [3.05, 3.63) is 0 Å². The van der Waals surface area contributed by atoms with E-state index in [0.717, 1.165) is 6.29 Å². The highest BCUT2D eigenvalue weighted by Crippen LogP contribution is 2.17. The van der Waals surface area contributed by atoms with Gasteiger partial charge in [-0.1, -0.05) is 20.8 Å². The average Bonchev–Trinajstić information content (AvgIpc) is 2.52. The molecule has 0 rings (SSSR count). The maximum atomic E-state index is 11.7. The zero-order valence-corrected chi connectivity index (χ0v) is 14.9. The zero-order valence-electron chi connectivity index (χ0n) is 14.9. The lowest BCUT2D eigenvalue weighted by Gasteiger charge is -2.26. The van der Waals surface area contributed by atoms with Crippen LogP contribution in [0.1, 0.15) is 20.8 Å². The Kier molecular flexibility index (Phi) is 13.7. The van der Waals surface area contributed by atoms with E-state index in [1.165, 1.54) is 0 Å². The molecule has 142 valence electrons. The quantitative estimate of drug-likeness (QED) is 0.311. The van der Waals surface area contributed by atoms with E-state index >= 15 is 0 Å². The number of hydrogen-bond acceptors (Lipinski definition) is 7. The van der Waals surface area contributed by atoms with Crippen LogP contribution in [-0.2, 0) is 28.5 Å². The summed E-state index contributed by atoms with van der Waals surface area (Å²) in [6.07, 6.45) is 0.732. The fourth-order valence-electron chi connectivity index (χ4n) is 1.56. The molecular formula is C16H31NO7. The van der Waals surface area contributed by atoms with Gasteiger partial charge in [0.15, 0.2) is 0 Å². The second kappa shape index (κ2) is 14.3. The molecule has 24 heavy (non-hydrogen) atoms. The molecule has 8 heteroatoms. The zero-order chi connectivity index (χ0) is 18.3. The molecule has 0 saturated carbocycles. The summed E-state index contributed by atoms with van der Waals surface area (Å²) in [5.74, 6) is -0.326. The molecule has 1 amide bonds. The molecule has 0 bridgehead atoms. The van der Waals surface area contributed by atoms with E-state index in [1.54, 1.807) is 0 Å². The predicted octanol–water partition coefficient (Wildman–Crippen LogP) is -0.225. The summed E-state index contributed by atoms with van der Waals surface area (Å²) in [6.45, 7) is 8.24. The Morgan fingerprint density at radius 3 is 1.83 bits per heavy atom. The molecule has 0 aliphatic carbocycles. The minimum absolute atomic E-state index is 0.00708. The van der Waals surface area contributed by atoms with E-state index in [-0.39, 0.29) is 31.1 Å². The van der Waals surface area contributed by atoms with Crippen molar-refractivity contribution in [1.29, 1.82) is 0 Å². The predicted molar refractivity (Wildman–Crippen MR) is 87.8 cm³/mol. The summed E-state index contributed by atoms with van der Waals surface area (Å²) >= 11 is 0. The van der Waals surface area contributed by atoms with Gasteiger partial charge in [0.2, 0.25) is 5.91 Å². The van der Waals surface area contributed by atoms with Gasteiger partial charge < -0.3 is 34.2 Å². The van der Waals surface area contributed by atoms with Crippen LogP contribution in [0.15, 0.2) is 0 Å². The van der Waals surface area contributed by atoms with Gasteiger partial charge in [-0.25, -0.2) is 0 Å². The first-order valence-corrected chi connectivity index (χ1v) is 8.08. The summed E-state index contributed by atoms with van der Waals surface area (Å²) in [6, 6.07) is -0.539. The summed E-state index contributed by atoms with van der Waals surface area (Å²) in [4.78, 5) is 22.6. The Balaban J connectivity index is 3.44. The van der Waals surface area contributed by atoms with Gasteiger partial charge in [0, 0.05) is 0 Å². The Morgan fingerprint density at radius 2 is 1.42 bits per heavy atom. The van der Waals surface area contributed by atoms with Crippen LogP contribution in [0.2, 0.25) is 0 Å². The van der Waals surface area contributed by atoms with Gasteiger partial charge in [0.25, 0.3) is 0 Å². The van der Waals surface area contributed by atoms with E-state index < -0.39 is 6.04 Å². The molecule has 0 aliphatic rings. The van der Waals surface area contributed by atoms with Crippen LogP contribution in [0.5, 0.6) is 0 Å². The minimum atomic E-state index is -0.539. The number of aliphatic hydroxyl groups is 1. The summed E-state index contributed by atoms with van der Waals surface area (Å²) in [5, 5.41) is 11.1. The van der Waals surface area contributed by atoms with Crippen molar-refractivity contribution in [3.8, 4) is 0 Å². The van der Waals surface area contributed by atoms with Crippen LogP contribution in [0.25, 0.3) is 0 Å². The third-order valence-corrected chi connectivity index (χ3v) is 2.97. The highest BCUT2D eigenvalue weighted by atomic mass is 16.6. The molecule has 0 aromatic rings. The minimum Gasteiger partial charge on any atom is -0.394 e. The number of carbonyl (C=O) groups excluding carboxylic acids is 2. The second-order valence-corrected chi connectivity index (χ2v) is 6.16. The molecular weight excluding hydrogens is 318 g/mol. The third kappa shape index (κ3) is 13.4. The maximum absolute atomic E-state index is 11.7. The summed E-state index contributed by atoms with van der Waals surface area (Å²) < 4.78 is 20.7. The smallest absolute Gasteiger partial charge is 0.246 e. The van der Waals surface area contributed by atoms with Crippen molar-refractivity contribution in [2.75, 3.05) is 59.5 Å². The first-order chi connectivity index (χ1) is 11.4. The number of amides is 1. The van der Waals surface area contributed by atoms with E-state index in [1.807, 2.05) is 20.8 Å². The maximum Gasteiger partial charge on any atom is 0.246 e. The van der Waals surface area contributed by atoms with Crippen LogP contribution < -0.4 is 5.32 Å². The Hall–Kier alpha value is -1.06. The Labute approximate surface area is 143 Å². The van der Waals surface area contributed by atoms with E-state index in [4.69, 9.17) is 24.1 Å². The molecule has 0 fully saturated rings. The summed E-state index contributed by atoms with van der Waals surface area (Å²) in [7, 11) is 0. The lowest BCUT2D eigenvalue weighted by molar-refractivity contribution is -0.130. The molecule has 8 nitrogen and oxygen atoms in total. The standard InChI is InChI=1S/C16H31NO7/c1-16(2,3)14(12-19)17-15(20)13-24-11-10-23-9-8-22-7-6-21-5-4-18/h12,14,18H,4-11,13H2,1-3H3,(H,17,20). The highest BCUT2D eigenvalue weighted by Gasteiger charge is 2.25. The molecule has 1 unspecified atom stereocenters. The fourth-order valence-corrected chi connectivity index (χ4v) is 1.56. The third-order valence-electron chi connectivity index (χ3n) is 2.97. The van der Waals surface area contributed by atoms with E-state index in [2.05, 4.69) is 5.32 Å².